The second-order valence-electron chi connectivity index (χ2n) is 4.88. The molecule has 1 aliphatic heterocycles. The summed E-state index contributed by atoms with van der Waals surface area (Å²) in [6.45, 7) is 0.574. The molecule has 1 heterocycles. The third-order valence-electron chi connectivity index (χ3n) is 3.60. The molecular formula is C13H17BrN2O4S. The lowest BCUT2D eigenvalue weighted by Gasteiger charge is -2.30. The first kappa shape index (κ1) is 16.3. The summed E-state index contributed by atoms with van der Waals surface area (Å²) in [5.74, 6) is -0.321. The van der Waals surface area contributed by atoms with Crippen molar-refractivity contribution in [3.05, 3.63) is 22.7 Å². The fourth-order valence-electron chi connectivity index (χ4n) is 2.37. The van der Waals surface area contributed by atoms with Crippen molar-refractivity contribution in [2.24, 2.45) is 11.7 Å². The first-order chi connectivity index (χ1) is 9.86. The van der Waals surface area contributed by atoms with Crippen LogP contribution in [0.15, 0.2) is 27.6 Å². The maximum absolute atomic E-state index is 12.7. The zero-order valence-electron chi connectivity index (χ0n) is 11.6. The Morgan fingerprint density at radius 3 is 2.52 bits per heavy atom. The molecule has 0 unspecified atom stereocenters. The van der Waals surface area contributed by atoms with E-state index in [0.29, 0.717) is 18.6 Å². The van der Waals surface area contributed by atoms with Gasteiger partial charge in [0.1, 0.15) is 10.6 Å². The number of benzene rings is 1. The van der Waals surface area contributed by atoms with Gasteiger partial charge in [-0.15, -0.1) is 0 Å². The second-order valence-corrected chi connectivity index (χ2v) is 7.70. The number of piperidine rings is 1. The normalized spacial score (nSPS) is 17.6. The van der Waals surface area contributed by atoms with Gasteiger partial charge in [0.05, 0.1) is 7.11 Å². The fraction of sp³-hybridized carbons (Fsp3) is 0.462. The van der Waals surface area contributed by atoms with Gasteiger partial charge in [-0.1, -0.05) is 15.9 Å². The van der Waals surface area contributed by atoms with Gasteiger partial charge in [0.25, 0.3) is 0 Å². The van der Waals surface area contributed by atoms with Crippen LogP contribution in [-0.4, -0.2) is 38.8 Å². The maximum atomic E-state index is 12.7. The lowest BCUT2D eigenvalue weighted by Crippen LogP contribution is -2.41. The number of sulfonamides is 1. The third-order valence-corrected chi connectivity index (χ3v) is 6.03. The van der Waals surface area contributed by atoms with Gasteiger partial charge in [0, 0.05) is 23.5 Å². The van der Waals surface area contributed by atoms with Crippen LogP contribution in [-0.2, 0) is 14.8 Å². The predicted octanol–water partition coefficient (Wildman–Crippen LogP) is 1.34. The van der Waals surface area contributed by atoms with E-state index in [-0.39, 0.29) is 29.8 Å². The molecule has 0 spiro atoms. The van der Waals surface area contributed by atoms with E-state index >= 15 is 0 Å². The standard InChI is InChI=1S/C13H17BrN2O4S/c1-20-11-8-10(14)2-3-12(11)21(18,19)16-6-4-9(5-7-16)13(15)17/h2-3,8-9H,4-7H2,1H3,(H2,15,17). The van der Waals surface area contributed by atoms with Crippen LogP contribution < -0.4 is 10.5 Å². The number of methoxy groups -OCH3 is 1. The summed E-state index contributed by atoms with van der Waals surface area (Å²) >= 11 is 3.28. The number of ether oxygens (including phenoxy) is 1. The zero-order chi connectivity index (χ0) is 15.6. The minimum atomic E-state index is -3.64. The Morgan fingerprint density at radius 1 is 1.38 bits per heavy atom. The van der Waals surface area contributed by atoms with E-state index in [1.54, 1.807) is 12.1 Å². The molecule has 0 bridgehead atoms. The van der Waals surface area contributed by atoms with Crippen LogP contribution in [0.1, 0.15) is 12.8 Å². The van der Waals surface area contributed by atoms with Crippen molar-refractivity contribution in [2.75, 3.05) is 20.2 Å². The quantitative estimate of drug-likeness (QED) is 0.858. The molecule has 2 N–H and O–H groups in total. The number of hydrogen-bond donors (Lipinski definition) is 1. The van der Waals surface area contributed by atoms with Crippen molar-refractivity contribution in [3.8, 4) is 5.75 Å². The summed E-state index contributed by atoms with van der Waals surface area (Å²) in [5, 5.41) is 0. The molecule has 1 aromatic rings. The fourth-order valence-corrected chi connectivity index (χ4v) is 4.32. The molecule has 116 valence electrons. The van der Waals surface area contributed by atoms with Gasteiger partial charge in [0.2, 0.25) is 15.9 Å². The number of halogens is 1. The van der Waals surface area contributed by atoms with Crippen LogP contribution in [0.4, 0.5) is 0 Å². The van der Waals surface area contributed by atoms with Gasteiger partial charge in [0.15, 0.2) is 0 Å². The average molecular weight is 377 g/mol. The predicted molar refractivity (Wildman–Crippen MR) is 81.4 cm³/mol. The minimum absolute atomic E-state index is 0.130. The van der Waals surface area contributed by atoms with Gasteiger partial charge in [-0.3, -0.25) is 4.79 Å². The number of hydrogen-bond acceptors (Lipinski definition) is 4. The highest BCUT2D eigenvalue weighted by Gasteiger charge is 2.32. The highest BCUT2D eigenvalue weighted by atomic mass is 79.9. The van der Waals surface area contributed by atoms with E-state index in [2.05, 4.69) is 15.9 Å². The summed E-state index contributed by atoms with van der Waals surface area (Å²) in [6, 6.07) is 4.78. The Morgan fingerprint density at radius 2 is 2.00 bits per heavy atom. The lowest BCUT2D eigenvalue weighted by atomic mass is 9.98. The molecule has 1 fully saturated rings. The number of nitrogens with zero attached hydrogens (tertiary/aromatic N) is 1. The molecule has 1 aromatic carbocycles. The number of rotatable bonds is 4. The molecule has 0 aliphatic carbocycles. The van der Waals surface area contributed by atoms with E-state index in [0.717, 1.165) is 4.47 Å². The lowest BCUT2D eigenvalue weighted by molar-refractivity contribution is -0.122. The monoisotopic (exact) mass is 376 g/mol. The van der Waals surface area contributed by atoms with Crippen molar-refractivity contribution in [3.63, 3.8) is 0 Å². The van der Waals surface area contributed by atoms with Crippen molar-refractivity contribution in [2.45, 2.75) is 17.7 Å². The molecule has 1 amide bonds. The molecule has 0 aromatic heterocycles. The Bertz CT molecular complexity index is 640. The summed E-state index contributed by atoms with van der Waals surface area (Å²) in [6.07, 6.45) is 0.904. The summed E-state index contributed by atoms with van der Waals surface area (Å²) in [5.41, 5.74) is 5.26. The molecule has 1 aliphatic rings. The number of carbonyl (C=O) groups excluding carboxylic acids is 1. The molecular weight excluding hydrogens is 360 g/mol. The highest BCUT2D eigenvalue weighted by Crippen LogP contribution is 2.31. The molecule has 2 rings (SSSR count). The molecule has 21 heavy (non-hydrogen) atoms. The summed E-state index contributed by atoms with van der Waals surface area (Å²) in [7, 11) is -2.20. The Hall–Kier alpha value is -1.12. The number of carbonyl (C=O) groups is 1. The van der Waals surface area contributed by atoms with E-state index in [1.165, 1.54) is 17.5 Å². The smallest absolute Gasteiger partial charge is 0.246 e. The van der Waals surface area contributed by atoms with Gasteiger partial charge >= 0.3 is 0 Å². The number of primary amides is 1. The zero-order valence-corrected chi connectivity index (χ0v) is 14.0. The first-order valence-corrected chi connectivity index (χ1v) is 8.72. The largest absolute Gasteiger partial charge is 0.495 e. The summed E-state index contributed by atoms with van der Waals surface area (Å²) in [4.78, 5) is 11.3. The number of nitrogens with two attached hydrogens (primary N) is 1. The molecule has 1 saturated heterocycles. The minimum Gasteiger partial charge on any atom is -0.495 e. The second kappa shape index (κ2) is 6.33. The first-order valence-electron chi connectivity index (χ1n) is 6.49. The number of amides is 1. The van der Waals surface area contributed by atoms with Crippen LogP contribution in [0.25, 0.3) is 0 Å². The topological polar surface area (TPSA) is 89.7 Å². The van der Waals surface area contributed by atoms with Crippen LogP contribution in [0.5, 0.6) is 5.75 Å². The van der Waals surface area contributed by atoms with E-state index < -0.39 is 10.0 Å². The van der Waals surface area contributed by atoms with Gasteiger partial charge in [-0.25, -0.2) is 8.42 Å². The Balaban J connectivity index is 2.25. The maximum Gasteiger partial charge on any atom is 0.246 e. The van der Waals surface area contributed by atoms with Crippen molar-refractivity contribution in [1.82, 2.24) is 4.31 Å². The summed E-state index contributed by atoms with van der Waals surface area (Å²) < 4.78 is 32.6. The van der Waals surface area contributed by atoms with Gasteiger partial charge in [-0.2, -0.15) is 4.31 Å². The Kier molecular flexibility index (Phi) is 4.90. The molecule has 0 saturated carbocycles. The van der Waals surface area contributed by atoms with Crippen molar-refractivity contribution in [1.29, 1.82) is 0 Å². The van der Waals surface area contributed by atoms with Crippen LogP contribution in [0.3, 0.4) is 0 Å². The molecule has 8 heteroatoms. The molecule has 6 nitrogen and oxygen atoms in total. The molecule has 0 radical (unpaired) electrons. The third kappa shape index (κ3) is 3.38. The van der Waals surface area contributed by atoms with E-state index in [4.69, 9.17) is 10.5 Å². The van der Waals surface area contributed by atoms with Crippen LogP contribution in [0, 0.1) is 5.92 Å². The van der Waals surface area contributed by atoms with E-state index in [1.807, 2.05) is 0 Å². The average Bonchev–Trinajstić information content (AvgIpc) is 2.46. The van der Waals surface area contributed by atoms with Gasteiger partial charge < -0.3 is 10.5 Å². The SMILES string of the molecule is COc1cc(Br)ccc1S(=O)(=O)N1CCC(C(N)=O)CC1. The molecule has 0 atom stereocenters. The van der Waals surface area contributed by atoms with Crippen molar-refractivity contribution >= 4 is 31.9 Å². The highest BCUT2D eigenvalue weighted by molar-refractivity contribution is 9.10. The van der Waals surface area contributed by atoms with Gasteiger partial charge in [-0.05, 0) is 31.0 Å². The van der Waals surface area contributed by atoms with Crippen LogP contribution >= 0.6 is 15.9 Å². The Labute approximate surface area is 132 Å². The van der Waals surface area contributed by atoms with Crippen LogP contribution in [0.2, 0.25) is 0 Å². The van der Waals surface area contributed by atoms with E-state index in [9.17, 15) is 13.2 Å². The van der Waals surface area contributed by atoms with Crippen molar-refractivity contribution < 1.29 is 17.9 Å².